The molecule has 2 aromatic carbocycles. The van der Waals surface area contributed by atoms with Crippen molar-refractivity contribution in [3.63, 3.8) is 0 Å². The van der Waals surface area contributed by atoms with Crippen LogP contribution in [-0.4, -0.2) is 60.5 Å². The zero-order valence-corrected chi connectivity index (χ0v) is 22.0. The number of esters is 1. The Kier molecular flexibility index (Phi) is 7.14. The highest BCUT2D eigenvalue weighted by Gasteiger charge is 2.49. The molecule has 12 heteroatoms. The average molecular weight is 545 g/mol. The van der Waals surface area contributed by atoms with Crippen molar-refractivity contribution in [3.8, 4) is 6.07 Å². The fourth-order valence-corrected chi connectivity index (χ4v) is 5.19. The van der Waals surface area contributed by atoms with Crippen LogP contribution in [-0.2, 0) is 35.4 Å². The predicted molar refractivity (Wildman–Crippen MR) is 133 cm³/mol. The Hall–Kier alpha value is -3.30. The van der Waals surface area contributed by atoms with Gasteiger partial charge in [-0.25, -0.2) is 14.0 Å². The number of carbonyl (C=O) groups excluding carboxylic acids is 2. The minimum atomic E-state index is -4.60. The molecule has 10 nitrogen and oxygen atoms in total. The van der Waals surface area contributed by atoms with E-state index < -0.39 is 40.1 Å². The molecule has 0 spiro atoms. The van der Waals surface area contributed by atoms with Gasteiger partial charge in [0.2, 0.25) is 5.91 Å². The van der Waals surface area contributed by atoms with Crippen LogP contribution in [0, 0.1) is 11.3 Å². The summed E-state index contributed by atoms with van der Waals surface area (Å²) in [6.45, 7) is 4.76. The highest BCUT2D eigenvalue weighted by atomic mass is 35.5. The first-order chi connectivity index (χ1) is 17.3. The number of amides is 1. The Morgan fingerprint density at radius 1 is 1.19 bits per heavy atom. The number of benzene rings is 2. The van der Waals surface area contributed by atoms with E-state index in [0.29, 0.717) is 21.2 Å². The van der Waals surface area contributed by atoms with Crippen LogP contribution in [0.5, 0.6) is 0 Å². The molecule has 1 fully saturated rings. The number of rotatable bonds is 6. The summed E-state index contributed by atoms with van der Waals surface area (Å²) >= 11 is 6.06. The summed E-state index contributed by atoms with van der Waals surface area (Å²) in [6.07, 6.45) is 1.25. The molecule has 4 rings (SSSR count). The maximum atomic E-state index is 13.3. The maximum absolute atomic E-state index is 13.3. The smallest absolute Gasteiger partial charge is 0.368 e. The van der Waals surface area contributed by atoms with Crippen LogP contribution in [0.15, 0.2) is 47.5 Å². The van der Waals surface area contributed by atoms with E-state index in [2.05, 4.69) is 4.99 Å². The molecule has 0 aromatic heterocycles. The van der Waals surface area contributed by atoms with E-state index in [1.54, 1.807) is 57.2 Å². The van der Waals surface area contributed by atoms with Gasteiger partial charge in [-0.05, 0) is 62.7 Å². The van der Waals surface area contributed by atoms with Gasteiger partial charge >= 0.3 is 16.3 Å². The highest BCUT2D eigenvalue weighted by Crippen LogP contribution is 2.27. The second kappa shape index (κ2) is 9.87. The fraction of sp³-hybridized carbons (Fsp3) is 0.360. The number of fused-ring (bicyclic) bond motifs is 1. The van der Waals surface area contributed by atoms with Crippen LogP contribution in [0.25, 0.3) is 6.08 Å². The van der Waals surface area contributed by atoms with Crippen LogP contribution >= 0.6 is 11.6 Å². The van der Waals surface area contributed by atoms with Gasteiger partial charge in [0.15, 0.2) is 0 Å². The lowest BCUT2D eigenvalue weighted by Crippen LogP contribution is -2.54. The molecule has 194 valence electrons. The third-order valence-corrected chi connectivity index (χ3v) is 7.25. The topological polar surface area (TPSA) is 129 Å². The summed E-state index contributed by atoms with van der Waals surface area (Å²) < 4.78 is 38.4. The lowest BCUT2D eigenvalue weighted by atomic mass is 10.1. The number of nitrogens with zero attached hydrogens (tertiary/aromatic N) is 4. The molecule has 1 unspecified atom stereocenters. The molecule has 1 atom stereocenters. The standard InChI is InChI=1S/C25H25ClN4O6S/c1-24(2,3)35-23(32)25(13-19-12-20(26)8-9-21(19)28-25)36-37(33,34)30-11-10-29(22(31)16-30)15-18-6-4-17(14-27)5-7-18/h4-9,12-13H,10-11,15-16H2,1-3H3. The van der Waals surface area contributed by atoms with Gasteiger partial charge in [-0.15, -0.1) is 0 Å². The first-order valence-corrected chi connectivity index (χ1v) is 13.1. The van der Waals surface area contributed by atoms with Crippen molar-refractivity contribution in [1.29, 1.82) is 5.26 Å². The summed E-state index contributed by atoms with van der Waals surface area (Å²) in [5.41, 5.74) is -1.94. The van der Waals surface area contributed by atoms with Gasteiger partial charge in [-0.1, -0.05) is 23.7 Å². The summed E-state index contributed by atoms with van der Waals surface area (Å²) in [5, 5.41) is 10.0. The zero-order chi connectivity index (χ0) is 27.0. The minimum Gasteiger partial charge on any atom is -0.456 e. The first-order valence-electron chi connectivity index (χ1n) is 11.4. The quantitative estimate of drug-likeness (QED) is 0.501. The van der Waals surface area contributed by atoms with Crippen molar-refractivity contribution in [2.24, 2.45) is 4.99 Å². The van der Waals surface area contributed by atoms with Crippen molar-refractivity contribution in [2.45, 2.75) is 38.6 Å². The van der Waals surface area contributed by atoms with Gasteiger partial charge in [0.1, 0.15) is 5.60 Å². The molecule has 2 aliphatic heterocycles. The monoisotopic (exact) mass is 544 g/mol. The molecule has 0 bridgehead atoms. The number of piperazine rings is 1. The van der Waals surface area contributed by atoms with Crippen LogP contribution in [0.3, 0.4) is 0 Å². The lowest BCUT2D eigenvalue weighted by molar-refractivity contribution is -0.167. The molecule has 2 aromatic rings. The van der Waals surface area contributed by atoms with Crippen LogP contribution in [0.4, 0.5) is 0 Å². The van der Waals surface area contributed by atoms with Gasteiger partial charge in [0.05, 0.1) is 23.5 Å². The molecular formula is C25H25ClN4O6S. The molecule has 0 saturated carbocycles. The fourth-order valence-electron chi connectivity index (χ4n) is 3.86. The molecule has 0 N–H and O–H groups in total. The van der Waals surface area contributed by atoms with Gasteiger partial charge in [0.25, 0.3) is 5.72 Å². The van der Waals surface area contributed by atoms with Crippen molar-refractivity contribution in [1.82, 2.24) is 9.21 Å². The molecule has 2 heterocycles. The van der Waals surface area contributed by atoms with E-state index in [9.17, 15) is 18.0 Å². The van der Waals surface area contributed by atoms with Crippen LogP contribution in [0.2, 0.25) is 5.02 Å². The molecule has 37 heavy (non-hydrogen) atoms. The minimum absolute atomic E-state index is 0.0481. The van der Waals surface area contributed by atoms with Gasteiger partial charge in [-0.3, -0.25) is 4.79 Å². The molecule has 1 saturated heterocycles. The molecule has 1 amide bonds. The number of carbonyl (C=O) groups is 2. The second-order valence-corrected chi connectivity index (χ2v) is 11.6. The zero-order valence-electron chi connectivity index (χ0n) is 20.5. The van der Waals surface area contributed by atoms with Crippen LogP contribution < -0.4 is 10.6 Å². The highest BCUT2D eigenvalue weighted by molar-refractivity contribution is 7.84. The Bertz CT molecular complexity index is 1510. The molecule has 2 aliphatic rings. The van der Waals surface area contributed by atoms with Gasteiger partial charge < -0.3 is 9.64 Å². The van der Waals surface area contributed by atoms with Crippen LogP contribution in [0.1, 0.15) is 31.9 Å². The largest absolute Gasteiger partial charge is 0.456 e. The van der Waals surface area contributed by atoms with E-state index in [-0.39, 0.29) is 19.6 Å². The average Bonchev–Trinajstić information content (AvgIpc) is 3.17. The SMILES string of the molecule is CC(C)(C)OC(=O)C1(OS(=O)(=O)N2CCN(Cc3ccc(C#N)cc3)C(=O)C2)C=c2cc(Cl)ccc2=N1. The molecule has 0 aliphatic carbocycles. The molecular weight excluding hydrogens is 520 g/mol. The number of ether oxygens (including phenoxy) is 1. The van der Waals surface area contributed by atoms with E-state index in [0.717, 1.165) is 9.87 Å². The van der Waals surface area contributed by atoms with E-state index in [1.807, 2.05) is 6.07 Å². The summed E-state index contributed by atoms with van der Waals surface area (Å²) in [6, 6.07) is 13.5. The van der Waals surface area contributed by atoms with E-state index in [4.69, 9.17) is 25.8 Å². The van der Waals surface area contributed by atoms with Crippen molar-refractivity contribution in [3.05, 3.63) is 69.2 Å². The van der Waals surface area contributed by atoms with Crippen molar-refractivity contribution < 1.29 is 26.9 Å². The Labute approximate surface area is 219 Å². The van der Waals surface area contributed by atoms with Crippen molar-refractivity contribution in [2.75, 3.05) is 19.6 Å². The van der Waals surface area contributed by atoms with Crippen molar-refractivity contribution >= 4 is 39.9 Å². The van der Waals surface area contributed by atoms with E-state index >= 15 is 0 Å². The third-order valence-electron chi connectivity index (χ3n) is 5.61. The lowest BCUT2D eigenvalue weighted by Gasteiger charge is -2.35. The number of hydrogen-bond acceptors (Lipinski definition) is 8. The summed E-state index contributed by atoms with van der Waals surface area (Å²) in [4.78, 5) is 31.8. The van der Waals surface area contributed by atoms with E-state index in [1.165, 1.54) is 17.0 Å². The summed E-state index contributed by atoms with van der Waals surface area (Å²) in [5.74, 6) is -1.45. The second-order valence-electron chi connectivity index (χ2n) is 9.66. The Balaban J connectivity index is 1.55. The number of nitriles is 1. The van der Waals surface area contributed by atoms with Gasteiger partial charge in [0, 0.05) is 29.9 Å². The maximum Gasteiger partial charge on any atom is 0.368 e. The van der Waals surface area contributed by atoms with Gasteiger partial charge in [-0.2, -0.15) is 18.0 Å². The summed E-state index contributed by atoms with van der Waals surface area (Å²) in [7, 11) is -4.60. The Morgan fingerprint density at radius 3 is 2.51 bits per heavy atom. The normalized spacial score (nSPS) is 20.0. The predicted octanol–water partition coefficient (Wildman–Crippen LogP) is 1.27. The first kappa shape index (κ1) is 26.8. The molecule has 0 radical (unpaired) electrons. The number of hydrogen-bond donors (Lipinski definition) is 0. The third kappa shape index (κ3) is 5.99. The number of halogens is 1. The Morgan fingerprint density at radius 2 is 1.89 bits per heavy atom.